The fourth-order valence-corrected chi connectivity index (χ4v) is 12.8. The molecular weight excluding hydrogens is 391 g/mol. The molecule has 0 bridgehead atoms. The molecule has 170 valence electrons. The Kier molecular flexibility index (Phi) is 5.68. The first-order valence-electron chi connectivity index (χ1n) is 11.9. The zero-order valence-corrected chi connectivity index (χ0v) is 23.8. The van der Waals surface area contributed by atoms with Gasteiger partial charge in [-0.15, -0.1) is 0 Å². The van der Waals surface area contributed by atoms with Crippen molar-refractivity contribution >= 4 is 7.92 Å². The molecule has 3 aliphatic carbocycles. The second kappa shape index (κ2) is 7.18. The van der Waals surface area contributed by atoms with Gasteiger partial charge in [0.1, 0.15) is 0 Å². The standard InChI is InChI=1S/C30H45P/c1-16-17(2)23(8)28(13,22(16)7)31(29(14)24(9)18(3)19(4)25(29)10)30(15)26(11)20(5)21(6)27(30)12/h1-15H3. The quantitative estimate of drug-likeness (QED) is 0.386. The van der Waals surface area contributed by atoms with Crippen LogP contribution in [0.2, 0.25) is 0 Å². The summed E-state index contributed by atoms with van der Waals surface area (Å²) in [7, 11) is -0.553. The zero-order valence-electron chi connectivity index (χ0n) is 22.9. The summed E-state index contributed by atoms with van der Waals surface area (Å²) in [5.74, 6) is 0. The molecule has 0 spiro atoms. The molecule has 3 rings (SSSR count). The van der Waals surface area contributed by atoms with Crippen LogP contribution in [0.5, 0.6) is 0 Å². The van der Waals surface area contributed by atoms with E-state index in [4.69, 9.17) is 0 Å². The topological polar surface area (TPSA) is 0 Å². The Morgan fingerprint density at radius 2 is 0.452 bits per heavy atom. The van der Waals surface area contributed by atoms with E-state index < -0.39 is 7.92 Å². The monoisotopic (exact) mass is 436 g/mol. The van der Waals surface area contributed by atoms with Crippen molar-refractivity contribution < 1.29 is 0 Å². The first kappa shape index (κ1) is 24.5. The van der Waals surface area contributed by atoms with Crippen LogP contribution in [0, 0.1) is 0 Å². The molecule has 0 unspecified atom stereocenters. The molecule has 1 heteroatoms. The van der Waals surface area contributed by atoms with Gasteiger partial charge in [0.05, 0.1) is 0 Å². The van der Waals surface area contributed by atoms with E-state index in [9.17, 15) is 0 Å². The summed E-state index contributed by atoms with van der Waals surface area (Å²) < 4.78 is 0. The molecule has 0 aliphatic heterocycles. The van der Waals surface area contributed by atoms with Gasteiger partial charge < -0.3 is 0 Å². The lowest BCUT2D eigenvalue weighted by Gasteiger charge is -2.57. The molecule has 0 saturated heterocycles. The van der Waals surface area contributed by atoms with Crippen LogP contribution >= 0.6 is 7.92 Å². The lowest BCUT2D eigenvalue weighted by molar-refractivity contribution is 0.723. The van der Waals surface area contributed by atoms with Gasteiger partial charge in [-0.1, -0.05) is 41.4 Å². The third kappa shape index (κ3) is 2.64. The van der Waals surface area contributed by atoms with Crippen molar-refractivity contribution in [2.24, 2.45) is 0 Å². The van der Waals surface area contributed by atoms with Crippen LogP contribution in [0.4, 0.5) is 0 Å². The van der Waals surface area contributed by atoms with Gasteiger partial charge >= 0.3 is 0 Å². The van der Waals surface area contributed by atoms with E-state index in [1.165, 1.54) is 33.4 Å². The molecule has 0 aromatic rings. The van der Waals surface area contributed by atoms with Crippen LogP contribution < -0.4 is 0 Å². The largest absolute Gasteiger partial charge is 0.0629 e. The highest BCUT2D eigenvalue weighted by Crippen LogP contribution is 2.81. The van der Waals surface area contributed by atoms with Crippen molar-refractivity contribution in [2.45, 2.75) is 119 Å². The van der Waals surface area contributed by atoms with Crippen LogP contribution in [0.3, 0.4) is 0 Å². The maximum atomic E-state index is 2.59. The predicted octanol–water partition coefficient (Wildman–Crippen LogP) is 9.80. The summed E-state index contributed by atoms with van der Waals surface area (Å²) in [6.45, 7) is 36.4. The zero-order chi connectivity index (χ0) is 24.0. The average molecular weight is 437 g/mol. The molecule has 0 atom stereocenters. The molecule has 0 aromatic carbocycles. The van der Waals surface area contributed by atoms with E-state index in [2.05, 4.69) is 104 Å². The van der Waals surface area contributed by atoms with Crippen molar-refractivity contribution in [1.82, 2.24) is 0 Å². The molecule has 0 N–H and O–H groups in total. The van der Waals surface area contributed by atoms with Crippen LogP contribution in [-0.4, -0.2) is 15.5 Å². The van der Waals surface area contributed by atoms with Crippen molar-refractivity contribution in [3.63, 3.8) is 0 Å². The fourth-order valence-electron chi connectivity index (χ4n) is 7.07. The van der Waals surface area contributed by atoms with Crippen LogP contribution in [0.25, 0.3) is 0 Å². The van der Waals surface area contributed by atoms with Gasteiger partial charge in [0.15, 0.2) is 0 Å². The Morgan fingerprint density at radius 1 is 0.323 bits per heavy atom. The molecular formula is C30H45P. The molecule has 3 aliphatic rings. The highest BCUT2D eigenvalue weighted by atomic mass is 31.1. The highest BCUT2D eigenvalue weighted by Gasteiger charge is 2.62. The summed E-state index contributed by atoms with van der Waals surface area (Å²) in [5.41, 5.74) is 18.7. The maximum Gasteiger partial charge on any atom is 0.0320 e. The van der Waals surface area contributed by atoms with E-state index in [1.807, 2.05) is 0 Å². The smallest absolute Gasteiger partial charge is 0.0320 e. The molecule has 0 radical (unpaired) electrons. The highest BCUT2D eigenvalue weighted by molar-refractivity contribution is 7.64. The second-order valence-electron chi connectivity index (χ2n) is 11.1. The number of hydrogen-bond acceptors (Lipinski definition) is 0. The minimum Gasteiger partial charge on any atom is -0.0629 e. The van der Waals surface area contributed by atoms with Gasteiger partial charge in [-0.3, -0.25) is 0 Å². The van der Waals surface area contributed by atoms with Crippen LogP contribution in [0.1, 0.15) is 104 Å². The van der Waals surface area contributed by atoms with Gasteiger partial charge in [0.25, 0.3) is 0 Å². The summed E-state index contributed by atoms with van der Waals surface area (Å²) in [6.07, 6.45) is 0. The molecule has 0 saturated carbocycles. The number of allylic oxidation sites excluding steroid dienone is 12. The Labute approximate surface area is 194 Å². The molecule has 0 aromatic heterocycles. The average Bonchev–Trinajstić information content (AvgIpc) is 3.05. The molecule has 0 heterocycles. The van der Waals surface area contributed by atoms with Crippen molar-refractivity contribution in [3.05, 3.63) is 66.9 Å². The van der Waals surface area contributed by atoms with Crippen molar-refractivity contribution in [1.29, 1.82) is 0 Å². The minimum atomic E-state index is -0.553. The van der Waals surface area contributed by atoms with Crippen molar-refractivity contribution in [2.75, 3.05) is 0 Å². The van der Waals surface area contributed by atoms with Crippen LogP contribution in [-0.2, 0) is 0 Å². The Bertz CT molecular complexity index is 864. The first-order valence-corrected chi connectivity index (χ1v) is 13.3. The SMILES string of the molecule is CC1=C(C)C(C)(P(C2(C)C(C)=C(C)C(C)=C2C)C2(C)C(C)=C(C)C(C)=C2C)C(C)=C1C. The third-order valence-electron chi connectivity index (χ3n) is 10.8. The molecule has 0 amide bonds. The first-order chi connectivity index (χ1) is 14.0. The summed E-state index contributed by atoms with van der Waals surface area (Å²) in [5, 5.41) is 0.232. The lowest BCUT2D eigenvalue weighted by atomic mass is 9.95. The fraction of sp³-hybridized carbons (Fsp3) is 0.600. The third-order valence-corrected chi connectivity index (χ3v) is 15.5. The van der Waals surface area contributed by atoms with Gasteiger partial charge in [-0.25, -0.2) is 0 Å². The Hall–Kier alpha value is -1.13. The Balaban J connectivity index is 2.52. The summed E-state index contributed by atoms with van der Waals surface area (Å²) >= 11 is 0. The van der Waals surface area contributed by atoms with Crippen molar-refractivity contribution in [3.8, 4) is 0 Å². The predicted molar refractivity (Wildman–Crippen MR) is 142 cm³/mol. The number of hydrogen-bond donors (Lipinski definition) is 0. The second-order valence-corrected chi connectivity index (χ2v) is 14.4. The molecule has 0 fully saturated rings. The van der Waals surface area contributed by atoms with Gasteiger partial charge in [-0.05, 0) is 137 Å². The van der Waals surface area contributed by atoms with E-state index >= 15 is 0 Å². The number of rotatable bonds is 3. The van der Waals surface area contributed by atoms with Crippen LogP contribution in [0.15, 0.2) is 66.9 Å². The minimum absolute atomic E-state index is 0.0772. The van der Waals surface area contributed by atoms with Gasteiger partial charge in [-0.2, -0.15) is 0 Å². The normalized spacial score (nSPS) is 25.5. The van der Waals surface area contributed by atoms with Gasteiger partial charge in [0, 0.05) is 15.5 Å². The molecule has 0 nitrogen and oxygen atoms in total. The maximum absolute atomic E-state index is 2.59. The van der Waals surface area contributed by atoms with E-state index in [0.29, 0.717) is 0 Å². The van der Waals surface area contributed by atoms with Gasteiger partial charge in [0.2, 0.25) is 0 Å². The Morgan fingerprint density at radius 3 is 0.581 bits per heavy atom. The summed E-state index contributed by atoms with van der Waals surface area (Å²) in [6, 6.07) is 0. The summed E-state index contributed by atoms with van der Waals surface area (Å²) in [4.78, 5) is 0. The van der Waals surface area contributed by atoms with E-state index in [1.54, 1.807) is 33.4 Å². The lowest BCUT2D eigenvalue weighted by Crippen LogP contribution is -2.46. The van der Waals surface area contributed by atoms with E-state index in [-0.39, 0.29) is 15.5 Å². The van der Waals surface area contributed by atoms with E-state index in [0.717, 1.165) is 0 Å². The molecule has 31 heavy (non-hydrogen) atoms.